The van der Waals surface area contributed by atoms with Gasteiger partial charge in [-0.1, -0.05) is 240 Å². The van der Waals surface area contributed by atoms with Crippen molar-refractivity contribution < 1.29 is 42.7 Å². The maximum absolute atomic E-state index is 12.7. The van der Waals surface area contributed by atoms with Gasteiger partial charge in [-0.05, 0) is 64.2 Å². The molecule has 11 heteroatoms. The molecule has 3 unspecified atom stereocenters. The topological polar surface area (TPSA) is 155 Å². The lowest BCUT2D eigenvalue weighted by molar-refractivity contribution is -0.154. The maximum atomic E-state index is 12.7. The molecule has 0 aromatic carbocycles. The van der Waals surface area contributed by atoms with Gasteiger partial charge in [0.05, 0.1) is 19.8 Å². The van der Waals surface area contributed by atoms with Gasteiger partial charge < -0.3 is 25.2 Å². The number of phosphoric ester groups is 1. The number of nitrogens with two attached hydrogens (primary N) is 1. The second-order valence-corrected chi connectivity index (χ2v) is 19.4. The molecule has 0 aliphatic rings. The number of hydrogen-bond acceptors (Lipinski definition) is 8. The minimum absolute atomic E-state index is 0.00838. The molecule has 0 bridgehead atoms. The number of rotatable bonds is 51. The fourth-order valence-corrected chi connectivity index (χ4v) is 8.08. The van der Waals surface area contributed by atoms with Gasteiger partial charge in [0.1, 0.15) is 12.1 Å². The summed E-state index contributed by atoms with van der Waals surface area (Å²) in [6.07, 6.45) is 68.0. The summed E-state index contributed by atoms with van der Waals surface area (Å²) in [5.41, 5.74) is 5.38. The van der Waals surface area contributed by atoms with Crippen molar-refractivity contribution in [2.75, 3.05) is 26.4 Å². The van der Waals surface area contributed by atoms with Gasteiger partial charge in [0.15, 0.2) is 0 Å². The van der Waals surface area contributed by atoms with Gasteiger partial charge in [0, 0.05) is 13.0 Å². The lowest BCUT2D eigenvalue weighted by atomic mass is 10.0. The number of carbonyl (C=O) groups is 2. The molecule has 392 valence electrons. The van der Waals surface area contributed by atoms with Gasteiger partial charge in [0.25, 0.3) is 0 Å². The first kappa shape index (κ1) is 65.1. The largest absolute Gasteiger partial charge is 0.480 e. The Bertz CT molecular complexity index is 1400. The fourth-order valence-electron chi connectivity index (χ4n) is 7.30. The van der Waals surface area contributed by atoms with Crippen LogP contribution in [0.5, 0.6) is 0 Å². The molecule has 0 aromatic heterocycles. The predicted octanol–water partition coefficient (Wildman–Crippen LogP) is 16.3. The second-order valence-electron chi connectivity index (χ2n) is 18.0. The summed E-state index contributed by atoms with van der Waals surface area (Å²) >= 11 is 0. The Morgan fingerprint density at radius 1 is 0.485 bits per heavy atom. The van der Waals surface area contributed by atoms with Gasteiger partial charge in [-0.15, -0.1) is 0 Å². The quantitative estimate of drug-likeness (QED) is 0.0232. The first-order valence-corrected chi connectivity index (χ1v) is 28.6. The molecular formula is C57H100NO9P. The Hall–Kier alpha value is -2.85. The zero-order valence-corrected chi connectivity index (χ0v) is 44.1. The zero-order valence-electron chi connectivity index (χ0n) is 43.2. The van der Waals surface area contributed by atoms with Crippen molar-refractivity contribution in [2.24, 2.45) is 5.73 Å². The monoisotopic (exact) mass is 974 g/mol. The van der Waals surface area contributed by atoms with Crippen LogP contribution in [0.1, 0.15) is 226 Å². The molecule has 0 aliphatic heterocycles. The van der Waals surface area contributed by atoms with Gasteiger partial charge in [-0.3, -0.25) is 18.6 Å². The molecule has 3 atom stereocenters. The number of aliphatic carboxylic acids is 1. The Morgan fingerprint density at radius 2 is 0.838 bits per heavy atom. The molecular weight excluding hydrogens is 874 g/mol. The van der Waals surface area contributed by atoms with Crippen LogP contribution < -0.4 is 5.73 Å². The molecule has 0 fully saturated rings. The van der Waals surface area contributed by atoms with E-state index in [4.69, 9.17) is 29.4 Å². The van der Waals surface area contributed by atoms with Crippen LogP contribution in [0.25, 0.3) is 0 Å². The van der Waals surface area contributed by atoms with Gasteiger partial charge in [-0.25, -0.2) is 4.57 Å². The second kappa shape index (κ2) is 52.0. The summed E-state index contributed by atoms with van der Waals surface area (Å²) in [6, 6.07) is -1.49. The normalized spacial score (nSPS) is 14.3. The van der Waals surface area contributed by atoms with Crippen molar-refractivity contribution >= 4 is 19.8 Å². The van der Waals surface area contributed by atoms with Gasteiger partial charge >= 0.3 is 19.8 Å². The van der Waals surface area contributed by atoms with E-state index in [0.29, 0.717) is 19.4 Å². The van der Waals surface area contributed by atoms with E-state index in [1.54, 1.807) is 0 Å². The average Bonchev–Trinajstić information content (AvgIpc) is 3.32. The number of esters is 1. The molecule has 0 rings (SSSR count). The Balaban J connectivity index is 4.21. The number of phosphoric acid groups is 1. The number of ether oxygens (including phenoxy) is 2. The van der Waals surface area contributed by atoms with Crippen molar-refractivity contribution in [1.29, 1.82) is 0 Å². The van der Waals surface area contributed by atoms with Crippen LogP contribution in [0, 0.1) is 0 Å². The van der Waals surface area contributed by atoms with E-state index in [-0.39, 0.29) is 13.0 Å². The molecule has 4 N–H and O–H groups in total. The van der Waals surface area contributed by atoms with Gasteiger partial charge in [-0.2, -0.15) is 0 Å². The molecule has 0 amide bonds. The van der Waals surface area contributed by atoms with E-state index in [1.165, 1.54) is 128 Å². The van der Waals surface area contributed by atoms with Crippen LogP contribution >= 0.6 is 7.82 Å². The third-order valence-electron chi connectivity index (χ3n) is 11.4. The minimum atomic E-state index is -4.64. The number of carboxylic acid groups (broad SMARTS) is 1. The van der Waals surface area contributed by atoms with Crippen molar-refractivity contribution in [3.63, 3.8) is 0 Å². The third-order valence-corrected chi connectivity index (χ3v) is 12.4. The van der Waals surface area contributed by atoms with E-state index in [1.807, 2.05) is 6.08 Å². The summed E-state index contributed by atoms with van der Waals surface area (Å²) in [4.78, 5) is 33.7. The van der Waals surface area contributed by atoms with Crippen LogP contribution in [0.3, 0.4) is 0 Å². The molecule has 0 aliphatic carbocycles. The molecule has 68 heavy (non-hydrogen) atoms. The highest BCUT2D eigenvalue weighted by molar-refractivity contribution is 7.47. The number of hydrogen-bond donors (Lipinski definition) is 3. The standard InChI is InChI=1S/C57H100NO9P/c1-3-5-7-9-11-13-15-17-19-21-23-25-27-29-31-33-35-37-39-41-43-45-47-49-56(59)67-54(52-65-68(62,63)66-53-55(58)57(60)61)51-64-50-48-46-44-42-40-38-36-34-32-30-28-26-24-22-20-18-16-14-12-10-8-6-4-2/h5,7,11,13,17,19,23,25,29,31,35,37,41,43,54-55H,3-4,6,8-10,12,14-16,18,20-22,24,26-28,30,32-34,36,38-40,42,44-53,58H2,1-2H3,(H,60,61)(H,62,63)/b7-5-,13-11-,19-17-,25-23-,31-29-,37-35-,43-41-. The van der Waals surface area contributed by atoms with Crippen LogP contribution in [0.4, 0.5) is 0 Å². The lowest BCUT2D eigenvalue weighted by Gasteiger charge is -2.20. The summed E-state index contributed by atoms with van der Waals surface area (Å²) in [7, 11) is -4.64. The third kappa shape index (κ3) is 51.0. The Morgan fingerprint density at radius 3 is 1.22 bits per heavy atom. The van der Waals surface area contributed by atoms with Crippen molar-refractivity contribution in [3.05, 3.63) is 85.1 Å². The smallest absolute Gasteiger partial charge is 0.472 e. The SMILES string of the molecule is CC/C=C\C/C=C\C/C=C\C/C=C\C/C=C\C/C=C\C/C=C\CCCC(=O)OC(COCCCCCCCCCCCCCCCCCCCCCCCCC)COP(=O)(O)OCC(N)C(=O)O. The van der Waals surface area contributed by atoms with Crippen molar-refractivity contribution in [3.8, 4) is 0 Å². The molecule has 0 aromatic rings. The minimum Gasteiger partial charge on any atom is -0.480 e. The lowest BCUT2D eigenvalue weighted by Crippen LogP contribution is -2.34. The van der Waals surface area contributed by atoms with Crippen LogP contribution in [-0.2, 0) is 32.7 Å². The van der Waals surface area contributed by atoms with Crippen molar-refractivity contribution in [2.45, 2.75) is 238 Å². The number of carboxylic acids is 1. The molecule has 0 saturated heterocycles. The molecule has 10 nitrogen and oxygen atoms in total. The highest BCUT2D eigenvalue weighted by Gasteiger charge is 2.27. The maximum Gasteiger partial charge on any atom is 0.472 e. The molecule has 0 spiro atoms. The molecule has 0 heterocycles. The summed E-state index contributed by atoms with van der Waals surface area (Å²) < 4.78 is 33.5. The zero-order chi connectivity index (χ0) is 49.7. The predicted molar refractivity (Wildman–Crippen MR) is 286 cm³/mol. The van der Waals surface area contributed by atoms with Crippen LogP contribution in [0.15, 0.2) is 85.1 Å². The van der Waals surface area contributed by atoms with E-state index < -0.39 is 45.1 Å². The molecule has 0 radical (unpaired) electrons. The number of unbranched alkanes of at least 4 members (excludes halogenated alkanes) is 23. The Labute approximate surface area is 416 Å². The first-order chi connectivity index (χ1) is 33.2. The van der Waals surface area contributed by atoms with E-state index in [2.05, 4.69) is 92.8 Å². The number of allylic oxidation sites excluding steroid dienone is 14. The first-order valence-electron chi connectivity index (χ1n) is 27.1. The Kier molecular flexibility index (Phi) is 49.8. The average molecular weight is 974 g/mol. The summed E-state index contributed by atoms with van der Waals surface area (Å²) in [6.45, 7) is 3.72. The van der Waals surface area contributed by atoms with Crippen molar-refractivity contribution in [1.82, 2.24) is 0 Å². The van der Waals surface area contributed by atoms with E-state index >= 15 is 0 Å². The van der Waals surface area contributed by atoms with E-state index in [0.717, 1.165) is 64.2 Å². The van der Waals surface area contributed by atoms with Crippen LogP contribution in [0.2, 0.25) is 0 Å². The number of carbonyl (C=O) groups excluding carboxylic acids is 1. The summed E-state index contributed by atoms with van der Waals surface area (Å²) in [5.74, 6) is -1.84. The molecule has 0 saturated carbocycles. The van der Waals surface area contributed by atoms with E-state index in [9.17, 15) is 19.0 Å². The summed E-state index contributed by atoms with van der Waals surface area (Å²) in [5, 5.41) is 8.94. The van der Waals surface area contributed by atoms with Gasteiger partial charge in [0.2, 0.25) is 0 Å². The highest BCUT2D eigenvalue weighted by Crippen LogP contribution is 2.43. The fraction of sp³-hybridized carbons (Fsp3) is 0.719. The highest BCUT2D eigenvalue weighted by atomic mass is 31.2. The van der Waals surface area contributed by atoms with Crippen LogP contribution in [-0.4, -0.2) is 60.5 Å².